The van der Waals surface area contributed by atoms with Gasteiger partial charge >= 0.3 is 6.18 Å². The number of carbonyl (C=O) groups is 2. The minimum atomic E-state index is -4.47. The van der Waals surface area contributed by atoms with Gasteiger partial charge in [0, 0.05) is 59.8 Å². The maximum atomic E-state index is 13.1. The van der Waals surface area contributed by atoms with Crippen LogP contribution >= 0.6 is 0 Å². The first-order valence-electron chi connectivity index (χ1n) is 13.2. The summed E-state index contributed by atoms with van der Waals surface area (Å²) in [6.07, 6.45) is 0.865. The molecule has 40 heavy (non-hydrogen) atoms. The van der Waals surface area contributed by atoms with E-state index >= 15 is 0 Å². The molecular weight excluding hydrogens is 519 g/mol. The number of carbonyl (C=O) groups excluding carboxylic acids is 2. The lowest BCUT2D eigenvalue weighted by Crippen LogP contribution is -2.39. The highest BCUT2D eigenvalue weighted by molar-refractivity contribution is 6.00. The summed E-state index contributed by atoms with van der Waals surface area (Å²) in [5.74, 6) is -0.420. The van der Waals surface area contributed by atoms with Crippen LogP contribution in [0.4, 0.5) is 13.2 Å². The second-order valence-electron chi connectivity index (χ2n) is 10.3. The van der Waals surface area contributed by atoms with Crippen molar-refractivity contribution in [2.24, 2.45) is 5.92 Å². The predicted molar refractivity (Wildman–Crippen MR) is 146 cm³/mol. The minimum absolute atomic E-state index is 0.0174. The van der Waals surface area contributed by atoms with Crippen molar-refractivity contribution < 1.29 is 22.8 Å². The molecular formula is C30H30F3N5O2. The van der Waals surface area contributed by atoms with Crippen LogP contribution in [0.5, 0.6) is 0 Å². The van der Waals surface area contributed by atoms with E-state index in [0.717, 1.165) is 35.0 Å². The number of fused-ring (bicyclic) bond motifs is 1. The van der Waals surface area contributed by atoms with Crippen LogP contribution in [0.2, 0.25) is 0 Å². The fourth-order valence-corrected chi connectivity index (χ4v) is 5.11. The van der Waals surface area contributed by atoms with Gasteiger partial charge in [0.1, 0.15) is 6.54 Å². The SMILES string of the molecule is Cc1ccc(-c2ccc(C(=O)N3CCC(Cn4cc5c(C)c(C(=O)NCC(F)(F)F)ccc5n4)CC3)cc2)cn1. The van der Waals surface area contributed by atoms with Crippen molar-refractivity contribution in [2.75, 3.05) is 19.6 Å². The number of nitrogens with one attached hydrogen (secondary N) is 1. The molecule has 0 bridgehead atoms. The molecule has 2 amide bonds. The van der Waals surface area contributed by atoms with Crippen molar-refractivity contribution in [3.05, 3.63) is 83.3 Å². The Labute approximate surface area is 230 Å². The second-order valence-corrected chi connectivity index (χ2v) is 10.3. The van der Waals surface area contributed by atoms with Crippen LogP contribution in [-0.4, -0.2) is 57.3 Å². The molecule has 1 saturated heterocycles. The molecule has 1 aliphatic heterocycles. The van der Waals surface area contributed by atoms with E-state index in [1.165, 1.54) is 6.07 Å². The van der Waals surface area contributed by atoms with Crippen LogP contribution in [-0.2, 0) is 6.54 Å². The summed E-state index contributed by atoms with van der Waals surface area (Å²) in [6.45, 7) is 4.24. The molecule has 0 unspecified atom stereocenters. The fourth-order valence-electron chi connectivity index (χ4n) is 5.11. The van der Waals surface area contributed by atoms with E-state index < -0.39 is 18.6 Å². The third-order valence-corrected chi connectivity index (χ3v) is 7.42. The normalized spacial score (nSPS) is 14.5. The first-order chi connectivity index (χ1) is 19.1. The van der Waals surface area contributed by atoms with Crippen molar-refractivity contribution in [3.63, 3.8) is 0 Å². The third kappa shape index (κ3) is 6.16. The van der Waals surface area contributed by atoms with E-state index in [9.17, 15) is 22.8 Å². The van der Waals surface area contributed by atoms with Crippen molar-refractivity contribution in [1.82, 2.24) is 25.0 Å². The summed E-state index contributed by atoms with van der Waals surface area (Å²) < 4.78 is 39.3. The highest BCUT2D eigenvalue weighted by Gasteiger charge is 2.28. The standard InChI is InChI=1S/C30H30F3N5O2/c1-19-3-4-24(15-34-19)22-5-7-23(8-6-22)29(40)37-13-11-21(12-14-37)16-38-17-26-20(2)25(9-10-27(26)36-38)28(39)35-18-30(31,32)33/h3-10,15,17,21H,11-14,16,18H2,1-2H3,(H,35,39). The number of pyridine rings is 1. The molecule has 208 valence electrons. The number of hydrogen-bond donors (Lipinski definition) is 1. The zero-order valence-electron chi connectivity index (χ0n) is 22.3. The zero-order valence-corrected chi connectivity index (χ0v) is 22.3. The number of aromatic nitrogens is 3. The molecule has 0 aliphatic carbocycles. The Morgan fingerprint density at radius 3 is 2.33 bits per heavy atom. The van der Waals surface area contributed by atoms with E-state index in [-0.39, 0.29) is 11.5 Å². The Morgan fingerprint density at radius 1 is 0.975 bits per heavy atom. The summed E-state index contributed by atoms with van der Waals surface area (Å²) in [4.78, 5) is 31.6. The number of rotatable bonds is 6. The molecule has 7 nitrogen and oxygen atoms in total. The largest absolute Gasteiger partial charge is 0.405 e. The molecule has 0 atom stereocenters. The van der Waals surface area contributed by atoms with Crippen molar-refractivity contribution >= 4 is 22.7 Å². The maximum absolute atomic E-state index is 13.1. The number of piperidine rings is 1. The average Bonchev–Trinajstić information content (AvgIpc) is 3.35. The first kappa shape index (κ1) is 27.4. The highest BCUT2D eigenvalue weighted by Crippen LogP contribution is 2.26. The van der Waals surface area contributed by atoms with Crippen LogP contribution < -0.4 is 5.32 Å². The Balaban J connectivity index is 1.18. The Bertz CT molecular complexity index is 1520. The van der Waals surface area contributed by atoms with Gasteiger partial charge < -0.3 is 10.2 Å². The third-order valence-electron chi connectivity index (χ3n) is 7.42. The lowest BCUT2D eigenvalue weighted by atomic mass is 9.96. The zero-order chi connectivity index (χ0) is 28.4. The monoisotopic (exact) mass is 549 g/mol. The second kappa shape index (κ2) is 11.1. The van der Waals surface area contributed by atoms with Crippen LogP contribution in [0.3, 0.4) is 0 Å². The van der Waals surface area contributed by atoms with Gasteiger partial charge in [-0.3, -0.25) is 19.3 Å². The molecule has 5 rings (SSSR count). The minimum Gasteiger partial charge on any atom is -0.343 e. The molecule has 0 radical (unpaired) electrons. The Morgan fingerprint density at radius 2 is 1.68 bits per heavy atom. The van der Waals surface area contributed by atoms with Crippen molar-refractivity contribution in [1.29, 1.82) is 0 Å². The first-order valence-corrected chi connectivity index (χ1v) is 13.2. The van der Waals surface area contributed by atoms with Crippen molar-refractivity contribution in [2.45, 2.75) is 39.4 Å². The number of alkyl halides is 3. The number of benzene rings is 2. The summed E-state index contributed by atoms with van der Waals surface area (Å²) in [7, 11) is 0. The van der Waals surface area contributed by atoms with Crippen LogP contribution in [0.25, 0.3) is 22.0 Å². The number of nitrogens with zero attached hydrogens (tertiary/aromatic N) is 4. The van der Waals surface area contributed by atoms with E-state index in [4.69, 9.17) is 0 Å². The molecule has 4 aromatic rings. The molecule has 2 aromatic carbocycles. The van der Waals surface area contributed by atoms with Gasteiger partial charge in [0.15, 0.2) is 0 Å². The van der Waals surface area contributed by atoms with Crippen molar-refractivity contribution in [3.8, 4) is 11.1 Å². The van der Waals surface area contributed by atoms with E-state index in [0.29, 0.717) is 42.2 Å². The molecule has 1 N–H and O–H groups in total. The maximum Gasteiger partial charge on any atom is 0.405 e. The number of aryl methyl sites for hydroxylation is 2. The summed E-state index contributed by atoms with van der Waals surface area (Å²) >= 11 is 0. The van der Waals surface area contributed by atoms with E-state index in [2.05, 4.69) is 10.1 Å². The van der Waals surface area contributed by atoms with Crippen LogP contribution in [0, 0.1) is 19.8 Å². The van der Waals surface area contributed by atoms with Gasteiger partial charge in [0.05, 0.1) is 5.52 Å². The van der Waals surface area contributed by atoms with Gasteiger partial charge in [-0.15, -0.1) is 0 Å². The molecule has 1 aliphatic rings. The number of amides is 2. The average molecular weight is 550 g/mol. The highest BCUT2D eigenvalue weighted by atomic mass is 19.4. The number of likely N-dealkylation sites (tertiary alicyclic amines) is 1. The fraction of sp³-hybridized carbons (Fsp3) is 0.333. The predicted octanol–water partition coefficient (Wildman–Crippen LogP) is 5.56. The van der Waals surface area contributed by atoms with Gasteiger partial charge in [-0.1, -0.05) is 18.2 Å². The van der Waals surface area contributed by atoms with Crippen LogP contribution in [0.1, 0.15) is 44.8 Å². The topological polar surface area (TPSA) is 80.1 Å². The van der Waals surface area contributed by atoms with E-state index in [1.807, 2.05) is 70.6 Å². The van der Waals surface area contributed by atoms with Gasteiger partial charge in [-0.25, -0.2) is 0 Å². The molecule has 10 heteroatoms. The molecule has 1 fully saturated rings. The molecule has 2 aromatic heterocycles. The smallest absolute Gasteiger partial charge is 0.343 e. The Hall–Kier alpha value is -4.21. The molecule has 0 saturated carbocycles. The summed E-state index contributed by atoms with van der Waals surface area (Å²) in [6, 6.07) is 14.8. The van der Waals surface area contributed by atoms with E-state index in [1.54, 1.807) is 13.0 Å². The van der Waals surface area contributed by atoms with Gasteiger partial charge in [0.25, 0.3) is 11.8 Å². The Kier molecular flexibility index (Phi) is 7.60. The lowest BCUT2D eigenvalue weighted by Gasteiger charge is -2.32. The van der Waals surface area contributed by atoms with Crippen LogP contribution in [0.15, 0.2) is 60.9 Å². The number of hydrogen-bond acceptors (Lipinski definition) is 4. The quantitative estimate of drug-likeness (QED) is 0.342. The molecule has 3 heterocycles. The van der Waals surface area contributed by atoms with Gasteiger partial charge in [0.2, 0.25) is 0 Å². The summed E-state index contributed by atoms with van der Waals surface area (Å²) in [5, 5.41) is 7.27. The lowest BCUT2D eigenvalue weighted by molar-refractivity contribution is -0.123. The summed E-state index contributed by atoms with van der Waals surface area (Å²) in [5.41, 5.74) is 5.11. The number of halogens is 3. The van der Waals surface area contributed by atoms with Gasteiger partial charge in [-0.2, -0.15) is 18.3 Å². The van der Waals surface area contributed by atoms with Gasteiger partial charge in [-0.05, 0) is 74.1 Å². The molecule has 0 spiro atoms.